The Bertz CT molecular complexity index is 267. The van der Waals surface area contributed by atoms with Gasteiger partial charge in [0.25, 0.3) is 0 Å². The van der Waals surface area contributed by atoms with Gasteiger partial charge in [-0.1, -0.05) is 35.4 Å². The van der Waals surface area contributed by atoms with E-state index in [0.29, 0.717) is 0 Å². The van der Waals surface area contributed by atoms with Crippen LogP contribution in [0.2, 0.25) is 0 Å². The van der Waals surface area contributed by atoms with Gasteiger partial charge in [-0.05, 0) is 26.0 Å². The minimum absolute atomic E-state index is 1.33. The molecule has 0 aliphatic carbocycles. The van der Waals surface area contributed by atoms with Crippen LogP contribution in [0.5, 0.6) is 0 Å². The van der Waals surface area contributed by atoms with Gasteiger partial charge < -0.3 is 4.98 Å². The molecule has 1 nitrogen and oxygen atoms in total. The Morgan fingerprint density at radius 2 is 1.15 bits per heavy atom. The predicted octanol–water partition coefficient (Wildman–Crippen LogP) is 3.32. The molecule has 1 heteroatoms. The molecule has 1 aromatic heterocycles. The van der Waals surface area contributed by atoms with Gasteiger partial charge in [0.1, 0.15) is 0 Å². The van der Waals surface area contributed by atoms with Crippen molar-refractivity contribution in [1.29, 1.82) is 0 Å². The third-order valence-electron chi connectivity index (χ3n) is 1.71. The van der Waals surface area contributed by atoms with Crippen LogP contribution in [0, 0.1) is 13.8 Å². The molecule has 68 valence electrons. The molecular weight excluding hydrogens is 158 g/mol. The van der Waals surface area contributed by atoms with Gasteiger partial charge in [0.2, 0.25) is 0 Å². The molecule has 0 unspecified atom stereocenters. The van der Waals surface area contributed by atoms with Crippen LogP contribution >= 0.6 is 0 Å². The molecule has 0 spiro atoms. The number of nitrogens with one attached hydrogen (secondary N) is 1. The van der Waals surface area contributed by atoms with E-state index in [-0.39, 0.29) is 0 Å². The lowest BCUT2D eigenvalue weighted by Gasteiger charge is -1.90. The van der Waals surface area contributed by atoms with Crippen molar-refractivity contribution in [2.24, 2.45) is 0 Å². The Labute approximate surface area is 79.4 Å². The molecule has 13 heavy (non-hydrogen) atoms. The van der Waals surface area contributed by atoms with Gasteiger partial charge in [0.05, 0.1) is 0 Å². The summed E-state index contributed by atoms with van der Waals surface area (Å²) < 4.78 is 0. The molecular formula is C12H15N. The van der Waals surface area contributed by atoms with Crippen molar-refractivity contribution in [3.8, 4) is 0 Å². The third kappa shape index (κ3) is 4.16. The lowest BCUT2D eigenvalue weighted by atomic mass is 10.2. The number of hydrogen-bond donors (Lipinski definition) is 1. The van der Waals surface area contributed by atoms with Crippen LogP contribution in [-0.4, -0.2) is 4.98 Å². The van der Waals surface area contributed by atoms with E-state index in [1.807, 2.05) is 24.5 Å². The summed E-state index contributed by atoms with van der Waals surface area (Å²) in [4.78, 5) is 2.86. The fourth-order valence-corrected chi connectivity index (χ4v) is 0.915. The number of rotatable bonds is 0. The second kappa shape index (κ2) is 5.20. The van der Waals surface area contributed by atoms with Crippen LogP contribution in [0.1, 0.15) is 11.1 Å². The fraction of sp³-hybridized carbons (Fsp3) is 0.167. The van der Waals surface area contributed by atoms with Crippen molar-refractivity contribution >= 4 is 0 Å². The average molecular weight is 173 g/mol. The van der Waals surface area contributed by atoms with Crippen LogP contribution in [0.4, 0.5) is 0 Å². The second-order valence-corrected chi connectivity index (χ2v) is 3.04. The molecule has 0 radical (unpaired) electrons. The van der Waals surface area contributed by atoms with E-state index in [9.17, 15) is 0 Å². The molecule has 1 aromatic carbocycles. The third-order valence-corrected chi connectivity index (χ3v) is 1.71. The monoisotopic (exact) mass is 173 g/mol. The first-order valence-electron chi connectivity index (χ1n) is 4.40. The minimum atomic E-state index is 1.33. The number of aryl methyl sites for hydroxylation is 2. The van der Waals surface area contributed by atoms with E-state index in [4.69, 9.17) is 0 Å². The molecule has 0 bridgehead atoms. The Hall–Kier alpha value is -1.50. The second-order valence-electron chi connectivity index (χ2n) is 3.04. The summed E-state index contributed by atoms with van der Waals surface area (Å²) in [6.45, 7) is 4.19. The summed E-state index contributed by atoms with van der Waals surface area (Å²) in [7, 11) is 0. The van der Waals surface area contributed by atoms with Gasteiger partial charge in [-0.2, -0.15) is 0 Å². The zero-order valence-electron chi connectivity index (χ0n) is 8.12. The largest absolute Gasteiger partial charge is 0.368 e. The molecule has 1 N–H and O–H groups in total. The number of hydrogen-bond acceptors (Lipinski definition) is 0. The van der Waals surface area contributed by atoms with Gasteiger partial charge in [0.15, 0.2) is 0 Å². The Morgan fingerprint density at radius 1 is 0.769 bits per heavy atom. The molecule has 0 fully saturated rings. The minimum Gasteiger partial charge on any atom is -0.368 e. The lowest BCUT2D eigenvalue weighted by Crippen LogP contribution is -1.70. The van der Waals surface area contributed by atoms with E-state index < -0.39 is 0 Å². The molecule has 0 saturated carbocycles. The standard InChI is InChI=1S/C8H10.C4H5N/c1-7-3-5-8(2)6-4-7;1-2-4-5-3-1/h3-6H,1-2H3;1-5H. The van der Waals surface area contributed by atoms with Crippen molar-refractivity contribution in [3.05, 3.63) is 59.9 Å². The van der Waals surface area contributed by atoms with Gasteiger partial charge in [-0.15, -0.1) is 0 Å². The maximum Gasteiger partial charge on any atom is 0.000496 e. The van der Waals surface area contributed by atoms with Crippen molar-refractivity contribution in [1.82, 2.24) is 4.98 Å². The summed E-state index contributed by atoms with van der Waals surface area (Å²) in [5.74, 6) is 0. The first kappa shape index (κ1) is 9.59. The quantitative estimate of drug-likeness (QED) is 0.629. The number of H-pyrrole nitrogens is 1. The molecule has 2 rings (SSSR count). The molecule has 0 saturated heterocycles. The number of aromatic nitrogens is 1. The normalized spacial score (nSPS) is 8.77. The fourth-order valence-electron chi connectivity index (χ4n) is 0.915. The highest BCUT2D eigenvalue weighted by molar-refractivity contribution is 5.19. The highest BCUT2D eigenvalue weighted by Gasteiger charge is 1.79. The highest BCUT2D eigenvalue weighted by atomic mass is 14.6. The maximum atomic E-state index is 2.86. The molecule has 0 aliphatic rings. The van der Waals surface area contributed by atoms with E-state index >= 15 is 0 Å². The van der Waals surface area contributed by atoms with E-state index in [1.165, 1.54) is 11.1 Å². The SMILES string of the molecule is Cc1ccc(C)cc1.c1cc[nH]c1. The van der Waals surface area contributed by atoms with E-state index in [0.717, 1.165) is 0 Å². The summed E-state index contributed by atoms with van der Waals surface area (Å²) in [5, 5.41) is 0. The summed E-state index contributed by atoms with van der Waals surface area (Å²) in [5.41, 5.74) is 2.66. The van der Waals surface area contributed by atoms with Crippen molar-refractivity contribution in [2.75, 3.05) is 0 Å². The van der Waals surface area contributed by atoms with Gasteiger partial charge in [-0.25, -0.2) is 0 Å². The lowest BCUT2D eigenvalue weighted by molar-refractivity contribution is 1.40. The van der Waals surface area contributed by atoms with Crippen LogP contribution in [0.3, 0.4) is 0 Å². The smallest absolute Gasteiger partial charge is 0.000496 e. The Balaban J connectivity index is 0.000000145. The van der Waals surface area contributed by atoms with Gasteiger partial charge in [0, 0.05) is 12.4 Å². The summed E-state index contributed by atoms with van der Waals surface area (Å²) in [6, 6.07) is 12.4. The average Bonchev–Trinajstić information content (AvgIpc) is 2.68. The first-order valence-corrected chi connectivity index (χ1v) is 4.40. The van der Waals surface area contributed by atoms with Crippen LogP contribution in [0.15, 0.2) is 48.8 Å². The van der Waals surface area contributed by atoms with E-state index in [1.54, 1.807) is 0 Å². The van der Waals surface area contributed by atoms with Crippen molar-refractivity contribution < 1.29 is 0 Å². The van der Waals surface area contributed by atoms with Crippen LogP contribution in [0.25, 0.3) is 0 Å². The van der Waals surface area contributed by atoms with Crippen LogP contribution < -0.4 is 0 Å². The first-order chi connectivity index (χ1) is 6.29. The Kier molecular flexibility index (Phi) is 3.83. The van der Waals surface area contributed by atoms with Crippen LogP contribution in [-0.2, 0) is 0 Å². The van der Waals surface area contributed by atoms with E-state index in [2.05, 4.69) is 43.1 Å². The van der Waals surface area contributed by atoms with Gasteiger partial charge in [-0.3, -0.25) is 0 Å². The molecule has 0 atom stereocenters. The summed E-state index contributed by atoms with van der Waals surface area (Å²) >= 11 is 0. The topological polar surface area (TPSA) is 15.8 Å². The summed E-state index contributed by atoms with van der Waals surface area (Å²) in [6.07, 6.45) is 3.75. The number of benzene rings is 1. The van der Waals surface area contributed by atoms with Gasteiger partial charge >= 0.3 is 0 Å². The predicted molar refractivity (Wildman–Crippen MR) is 56.7 cm³/mol. The highest BCUT2D eigenvalue weighted by Crippen LogP contribution is 1.99. The van der Waals surface area contributed by atoms with Crippen molar-refractivity contribution in [2.45, 2.75) is 13.8 Å². The zero-order chi connectivity index (χ0) is 9.52. The number of aromatic amines is 1. The Morgan fingerprint density at radius 3 is 1.38 bits per heavy atom. The molecule has 0 amide bonds. The molecule has 2 aromatic rings. The zero-order valence-corrected chi connectivity index (χ0v) is 8.12. The van der Waals surface area contributed by atoms with Crippen molar-refractivity contribution in [3.63, 3.8) is 0 Å². The maximum absolute atomic E-state index is 2.86. The molecule has 0 aliphatic heterocycles. The molecule has 1 heterocycles.